The van der Waals surface area contributed by atoms with Crippen LogP contribution in [0.25, 0.3) is 5.65 Å². The van der Waals surface area contributed by atoms with E-state index in [9.17, 15) is 0 Å². The maximum atomic E-state index is 8.85. The summed E-state index contributed by atoms with van der Waals surface area (Å²) in [6, 6.07) is 5.67. The molecule has 1 atom stereocenters. The topological polar surface area (TPSA) is 63.5 Å². The molecule has 2 rings (SSSR count). The molecule has 0 spiro atoms. The van der Waals surface area contributed by atoms with E-state index in [-0.39, 0.29) is 12.6 Å². The molecule has 0 aliphatic carbocycles. The van der Waals surface area contributed by atoms with Gasteiger partial charge >= 0.3 is 0 Å². The zero-order valence-electron chi connectivity index (χ0n) is 8.72. The van der Waals surface area contributed by atoms with E-state index in [1.54, 1.807) is 0 Å². The molecule has 0 aliphatic rings. The lowest BCUT2D eigenvalue weighted by atomic mass is 10.1. The third kappa shape index (κ3) is 1.73. The second-order valence-electron chi connectivity index (χ2n) is 3.63. The summed E-state index contributed by atoms with van der Waals surface area (Å²) < 4.78 is 2.01. The van der Waals surface area contributed by atoms with Gasteiger partial charge in [0.15, 0.2) is 0 Å². The van der Waals surface area contributed by atoms with Gasteiger partial charge in [0.2, 0.25) is 0 Å². The molecule has 0 saturated carbocycles. The van der Waals surface area contributed by atoms with Crippen LogP contribution in [0, 0.1) is 6.92 Å². The van der Waals surface area contributed by atoms with Crippen molar-refractivity contribution in [2.75, 3.05) is 6.61 Å². The van der Waals surface area contributed by atoms with Crippen molar-refractivity contribution in [3.8, 4) is 0 Å². The summed E-state index contributed by atoms with van der Waals surface area (Å²) >= 11 is 0. The minimum atomic E-state index is -0.185. The van der Waals surface area contributed by atoms with Gasteiger partial charge in [-0.15, -0.1) is 0 Å². The van der Waals surface area contributed by atoms with E-state index in [0.29, 0.717) is 6.42 Å². The number of fused-ring (bicyclic) bond motifs is 1. The van der Waals surface area contributed by atoms with Crippen LogP contribution in [-0.4, -0.2) is 21.1 Å². The molecular formula is C11H15N3O. The Morgan fingerprint density at radius 3 is 3.00 bits per heavy atom. The number of aliphatic hydroxyl groups excluding tert-OH is 1. The van der Waals surface area contributed by atoms with Crippen molar-refractivity contribution in [2.45, 2.75) is 19.4 Å². The van der Waals surface area contributed by atoms with Crippen LogP contribution < -0.4 is 5.73 Å². The molecule has 2 aromatic heterocycles. The van der Waals surface area contributed by atoms with Crippen LogP contribution in [0.2, 0.25) is 0 Å². The van der Waals surface area contributed by atoms with E-state index in [2.05, 4.69) is 4.98 Å². The minimum absolute atomic E-state index is 0.0917. The Balaban J connectivity index is 2.48. The molecule has 15 heavy (non-hydrogen) atoms. The summed E-state index contributed by atoms with van der Waals surface area (Å²) in [6.45, 7) is 2.08. The standard InChI is InChI=1S/C11H15N3O/c1-8-11(9(12)5-7-15)13-10-4-2-3-6-14(8)10/h2-4,6,9,15H,5,7,12H2,1H3. The average Bonchev–Trinajstić information content (AvgIpc) is 2.57. The quantitative estimate of drug-likeness (QED) is 0.786. The SMILES string of the molecule is Cc1c(C(N)CCO)nc2ccccn12. The van der Waals surface area contributed by atoms with Crippen molar-refractivity contribution in [2.24, 2.45) is 5.73 Å². The lowest BCUT2D eigenvalue weighted by Crippen LogP contribution is -2.13. The van der Waals surface area contributed by atoms with Crippen LogP contribution in [0.3, 0.4) is 0 Å². The van der Waals surface area contributed by atoms with Crippen molar-refractivity contribution < 1.29 is 5.11 Å². The molecule has 4 heteroatoms. The summed E-state index contributed by atoms with van der Waals surface area (Å²) in [6.07, 6.45) is 2.51. The van der Waals surface area contributed by atoms with E-state index in [4.69, 9.17) is 10.8 Å². The number of aliphatic hydroxyl groups is 1. The van der Waals surface area contributed by atoms with Gasteiger partial charge in [-0.2, -0.15) is 0 Å². The molecule has 4 nitrogen and oxygen atoms in total. The van der Waals surface area contributed by atoms with E-state index < -0.39 is 0 Å². The van der Waals surface area contributed by atoms with Gasteiger partial charge in [-0.1, -0.05) is 6.07 Å². The fourth-order valence-electron chi connectivity index (χ4n) is 1.76. The number of nitrogens with two attached hydrogens (primary N) is 1. The Kier molecular flexibility index (Phi) is 2.70. The molecule has 0 bridgehead atoms. The molecule has 80 valence electrons. The predicted octanol–water partition coefficient (Wildman–Crippen LogP) is 1.02. The maximum Gasteiger partial charge on any atom is 0.137 e. The fourth-order valence-corrected chi connectivity index (χ4v) is 1.76. The first kappa shape index (κ1) is 10.1. The minimum Gasteiger partial charge on any atom is -0.396 e. The highest BCUT2D eigenvalue weighted by molar-refractivity contribution is 5.43. The molecule has 2 aromatic rings. The largest absolute Gasteiger partial charge is 0.396 e. The number of hydrogen-bond donors (Lipinski definition) is 2. The summed E-state index contributed by atoms with van der Waals surface area (Å²) in [5.41, 5.74) is 8.75. The lowest BCUT2D eigenvalue weighted by Gasteiger charge is -2.07. The molecular weight excluding hydrogens is 190 g/mol. The number of hydrogen-bond acceptors (Lipinski definition) is 3. The van der Waals surface area contributed by atoms with Crippen LogP contribution in [-0.2, 0) is 0 Å². The highest BCUT2D eigenvalue weighted by Gasteiger charge is 2.14. The predicted molar refractivity (Wildman–Crippen MR) is 58.6 cm³/mol. The number of nitrogens with zero attached hydrogens (tertiary/aromatic N) is 2. The summed E-state index contributed by atoms with van der Waals surface area (Å²) in [5.74, 6) is 0. The van der Waals surface area contributed by atoms with Gasteiger partial charge in [-0.25, -0.2) is 4.98 Å². The Morgan fingerprint density at radius 2 is 2.33 bits per heavy atom. The van der Waals surface area contributed by atoms with Crippen LogP contribution in [0.1, 0.15) is 23.9 Å². The molecule has 0 fully saturated rings. The Labute approximate surface area is 88.4 Å². The highest BCUT2D eigenvalue weighted by atomic mass is 16.3. The normalized spacial score (nSPS) is 13.3. The number of pyridine rings is 1. The van der Waals surface area contributed by atoms with Gasteiger partial charge < -0.3 is 15.2 Å². The first-order valence-electron chi connectivity index (χ1n) is 5.04. The molecule has 0 aromatic carbocycles. The monoisotopic (exact) mass is 205 g/mol. The van der Waals surface area contributed by atoms with Crippen LogP contribution >= 0.6 is 0 Å². The second kappa shape index (κ2) is 4.00. The number of imidazole rings is 1. The molecule has 0 amide bonds. The van der Waals surface area contributed by atoms with Gasteiger partial charge in [-0.3, -0.25) is 0 Å². The number of rotatable bonds is 3. The van der Waals surface area contributed by atoms with Crippen LogP contribution in [0.5, 0.6) is 0 Å². The van der Waals surface area contributed by atoms with E-state index in [1.165, 1.54) is 0 Å². The molecule has 2 heterocycles. The average molecular weight is 205 g/mol. The summed E-state index contributed by atoms with van der Waals surface area (Å²) in [5, 5.41) is 8.85. The first-order valence-corrected chi connectivity index (χ1v) is 5.04. The third-order valence-corrected chi connectivity index (χ3v) is 2.60. The van der Waals surface area contributed by atoms with Crippen molar-refractivity contribution in [1.29, 1.82) is 0 Å². The van der Waals surface area contributed by atoms with Gasteiger partial charge in [0.25, 0.3) is 0 Å². The third-order valence-electron chi connectivity index (χ3n) is 2.60. The van der Waals surface area contributed by atoms with E-state index in [1.807, 2.05) is 35.7 Å². The Bertz CT molecular complexity index is 464. The van der Waals surface area contributed by atoms with Gasteiger partial charge in [0.05, 0.1) is 11.7 Å². The molecule has 1 unspecified atom stereocenters. The second-order valence-corrected chi connectivity index (χ2v) is 3.63. The molecule has 0 aliphatic heterocycles. The maximum absolute atomic E-state index is 8.85. The smallest absolute Gasteiger partial charge is 0.137 e. The van der Waals surface area contributed by atoms with Gasteiger partial charge in [0.1, 0.15) is 5.65 Å². The van der Waals surface area contributed by atoms with Crippen molar-refractivity contribution in [1.82, 2.24) is 9.38 Å². The zero-order valence-corrected chi connectivity index (χ0v) is 8.72. The van der Waals surface area contributed by atoms with Gasteiger partial charge in [0, 0.05) is 18.5 Å². The number of aromatic nitrogens is 2. The first-order chi connectivity index (χ1) is 7.24. The van der Waals surface area contributed by atoms with E-state index >= 15 is 0 Å². The number of aryl methyl sites for hydroxylation is 1. The van der Waals surface area contributed by atoms with Gasteiger partial charge in [-0.05, 0) is 25.5 Å². The Morgan fingerprint density at radius 1 is 1.53 bits per heavy atom. The van der Waals surface area contributed by atoms with Crippen molar-refractivity contribution in [3.05, 3.63) is 35.8 Å². The zero-order chi connectivity index (χ0) is 10.8. The summed E-state index contributed by atoms with van der Waals surface area (Å²) in [7, 11) is 0. The van der Waals surface area contributed by atoms with Crippen molar-refractivity contribution in [3.63, 3.8) is 0 Å². The fraction of sp³-hybridized carbons (Fsp3) is 0.364. The van der Waals surface area contributed by atoms with Crippen LogP contribution in [0.4, 0.5) is 0 Å². The summed E-state index contributed by atoms with van der Waals surface area (Å²) in [4.78, 5) is 4.46. The van der Waals surface area contributed by atoms with E-state index in [0.717, 1.165) is 17.0 Å². The Hall–Kier alpha value is -1.39. The highest BCUT2D eigenvalue weighted by Crippen LogP contribution is 2.18. The van der Waals surface area contributed by atoms with Crippen molar-refractivity contribution >= 4 is 5.65 Å². The molecule has 0 saturated heterocycles. The molecule has 3 N–H and O–H groups in total. The van der Waals surface area contributed by atoms with Crippen LogP contribution in [0.15, 0.2) is 24.4 Å². The molecule has 0 radical (unpaired) electrons. The lowest BCUT2D eigenvalue weighted by molar-refractivity contribution is 0.275.